The highest BCUT2D eigenvalue weighted by molar-refractivity contribution is 8.03. The first-order chi connectivity index (χ1) is 12.5. The van der Waals surface area contributed by atoms with Crippen molar-refractivity contribution in [2.75, 3.05) is 6.61 Å². The van der Waals surface area contributed by atoms with Gasteiger partial charge in [-0.3, -0.25) is 4.18 Å². The Labute approximate surface area is 158 Å². The number of thioether (sulfide) groups is 1. The van der Waals surface area contributed by atoms with Crippen LogP contribution in [0.4, 0.5) is 0 Å². The van der Waals surface area contributed by atoms with Crippen LogP contribution in [0.25, 0.3) is 0 Å². The van der Waals surface area contributed by atoms with Gasteiger partial charge in [0, 0.05) is 15.7 Å². The second-order valence-corrected chi connectivity index (χ2v) is 9.38. The van der Waals surface area contributed by atoms with Crippen molar-refractivity contribution >= 4 is 21.9 Å². The Morgan fingerprint density at radius 1 is 1.12 bits per heavy atom. The lowest BCUT2D eigenvalue weighted by atomic mass is 9.95. The first-order valence-corrected chi connectivity index (χ1v) is 10.8. The Bertz CT molecular complexity index is 905. The molecule has 6 heteroatoms. The van der Waals surface area contributed by atoms with Gasteiger partial charge in [-0.2, -0.15) is 8.42 Å². The molecular formula is C20H20O4S2. The van der Waals surface area contributed by atoms with Gasteiger partial charge in [-0.1, -0.05) is 47.7 Å². The second-order valence-electron chi connectivity index (χ2n) is 6.62. The van der Waals surface area contributed by atoms with E-state index in [-0.39, 0.29) is 29.6 Å². The van der Waals surface area contributed by atoms with E-state index in [1.165, 1.54) is 9.80 Å². The fraction of sp³-hybridized carbons (Fsp3) is 0.300. The standard InChI is InChI=1S/C20H20O4S2/c1-14-7-9-17(10-8-14)26(21,22)23-13-15-11-19-20(12-18(15)24-19)25-16-5-3-2-4-6-16/h2-10,12,15,18-19H,11,13H2,1H3/t15-,18+,19+/m1/s1. The molecule has 0 unspecified atom stereocenters. The van der Waals surface area contributed by atoms with Crippen LogP contribution in [0.3, 0.4) is 0 Å². The molecule has 2 bridgehead atoms. The van der Waals surface area contributed by atoms with Gasteiger partial charge in [0.05, 0.1) is 23.7 Å². The van der Waals surface area contributed by atoms with Crippen molar-refractivity contribution < 1.29 is 17.3 Å². The van der Waals surface area contributed by atoms with E-state index >= 15 is 0 Å². The molecule has 4 nitrogen and oxygen atoms in total. The molecule has 1 saturated heterocycles. The summed E-state index contributed by atoms with van der Waals surface area (Å²) in [6, 6.07) is 16.9. The molecule has 26 heavy (non-hydrogen) atoms. The number of ether oxygens (including phenoxy) is 1. The molecule has 1 fully saturated rings. The Hall–Kier alpha value is -1.60. The van der Waals surface area contributed by atoms with Gasteiger partial charge >= 0.3 is 0 Å². The molecule has 0 amide bonds. The van der Waals surface area contributed by atoms with Crippen LogP contribution < -0.4 is 0 Å². The van der Waals surface area contributed by atoms with Crippen molar-refractivity contribution in [2.24, 2.45) is 5.92 Å². The molecule has 0 N–H and O–H groups in total. The Morgan fingerprint density at radius 3 is 2.50 bits per heavy atom. The van der Waals surface area contributed by atoms with Crippen molar-refractivity contribution in [1.82, 2.24) is 0 Å². The van der Waals surface area contributed by atoms with E-state index in [0.29, 0.717) is 0 Å². The average Bonchev–Trinajstić information content (AvgIpc) is 3.21. The summed E-state index contributed by atoms with van der Waals surface area (Å²) in [4.78, 5) is 2.59. The highest BCUT2D eigenvalue weighted by Crippen LogP contribution is 2.45. The molecule has 2 aromatic rings. The summed E-state index contributed by atoms with van der Waals surface area (Å²) >= 11 is 1.72. The second kappa shape index (κ2) is 7.19. The van der Waals surface area contributed by atoms with Gasteiger partial charge in [0.1, 0.15) is 0 Å². The first kappa shape index (κ1) is 17.8. The van der Waals surface area contributed by atoms with E-state index in [4.69, 9.17) is 8.92 Å². The zero-order valence-electron chi connectivity index (χ0n) is 14.4. The molecule has 0 aliphatic carbocycles. The third kappa shape index (κ3) is 3.74. The average molecular weight is 389 g/mol. The van der Waals surface area contributed by atoms with Crippen LogP contribution in [-0.2, 0) is 19.0 Å². The first-order valence-electron chi connectivity index (χ1n) is 8.57. The van der Waals surface area contributed by atoms with Gasteiger partial charge in [0.2, 0.25) is 0 Å². The fourth-order valence-corrected chi connectivity index (χ4v) is 5.24. The highest BCUT2D eigenvalue weighted by atomic mass is 32.2. The smallest absolute Gasteiger partial charge is 0.296 e. The molecule has 136 valence electrons. The van der Waals surface area contributed by atoms with Crippen LogP contribution in [0.15, 0.2) is 75.4 Å². The molecule has 2 aliphatic rings. The third-order valence-corrected chi connectivity index (χ3v) is 7.11. The lowest BCUT2D eigenvalue weighted by Gasteiger charge is -2.18. The topological polar surface area (TPSA) is 52.6 Å². The molecule has 0 spiro atoms. The van der Waals surface area contributed by atoms with Crippen molar-refractivity contribution in [3.05, 3.63) is 71.1 Å². The zero-order chi connectivity index (χ0) is 18.1. The van der Waals surface area contributed by atoms with Gasteiger partial charge in [-0.05, 0) is 43.7 Å². The zero-order valence-corrected chi connectivity index (χ0v) is 16.0. The van der Waals surface area contributed by atoms with Gasteiger partial charge in [0.25, 0.3) is 10.1 Å². The minimum atomic E-state index is -3.72. The Balaban J connectivity index is 1.37. The van der Waals surface area contributed by atoms with Crippen LogP contribution in [-0.4, -0.2) is 27.2 Å². The third-order valence-electron chi connectivity index (χ3n) is 4.67. The predicted octanol–water partition coefficient (Wildman–Crippen LogP) is 4.16. The number of fused-ring (bicyclic) bond motifs is 2. The van der Waals surface area contributed by atoms with E-state index in [9.17, 15) is 8.42 Å². The summed E-state index contributed by atoms with van der Waals surface area (Å²) < 4.78 is 35.9. The lowest BCUT2D eigenvalue weighted by molar-refractivity contribution is 0.0980. The summed E-state index contributed by atoms with van der Waals surface area (Å²) in [7, 11) is -3.72. The highest BCUT2D eigenvalue weighted by Gasteiger charge is 2.42. The van der Waals surface area contributed by atoms with Crippen molar-refractivity contribution in [3.8, 4) is 0 Å². The monoisotopic (exact) mass is 388 g/mol. The molecule has 2 aliphatic heterocycles. The van der Waals surface area contributed by atoms with Gasteiger partial charge in [-0.25, -0.2) is 0 Å². The van der Waals surface area contributed by atoms with E-state index < -0.39 is 10.1 Å². The maximum Gasteiger partial charge on any atom is 0.296 e. The molecule has 0 aromatic heterocycles. The van der Waals surface area contributed by atoms with Gasteiger partial charge < -0.3 is 4.74 Å². The molecular weight excluding hydrogens is 368 g/mol. The number of benzene rings is 2. The minimum absolute atomic E-state index is 0.0425. The summed E-state index contributed by atoms with van der Waals surface area (Å²) in [6.07, 6.45) is 2.87. The van der Waals surface area contributed by atoms with E-state index in [2.05, 4.69) is 18.2 Å². The molecule has 2 heterocycles. The van der Waals surface area contributed by atoms with Crippen LogP contribution in [0, 0.1) is 12.8 Å². The van der Waals surface area contributed by atoms with Gasteiger partial charge in [0.15, 0.2) is 0 Å². The normalized spacial score (nSPS) is 24.7. The van der Waals surface area contributed by atoms with Gasteiger partial charge in [-0.15, -0.1) is 0 Å². The predicted molar refractivity (Wildman–Crippen MR) is 101 cm³/mol. The van der Waals surface area contributed by atoms with Crippen LogP contribution in [0.5, 0.6) is 0 Å². The quantitative estimate of drug-likeness (QED) is 0.696. The fourth-order valence-electron chi connectivity index (χ4n) is 3.23. The van der Waals surface area contributed by atoms with Crippen LogP contribution in [0.1, 0.15) is 12.0 Å². The van der Waals surface area contributed by atoms with E-state index in [1.807, 2.05) is 25.1 Å². The van der Waals surface area contributed by atoms with Crippen molar-refractivity contribution in [2.45, 2.75) is 35.3 Å². The maximum atomic E-state index is 12.3. The van der Waals surface area contributed by atoms with Crippen LogP contribution in [0.2, 0.25) is 0 Å². The van der Waals surface area contributed by atoms with E-state index in [1.54, 1.807) is 36.0 Å². The lowest BCUT2D eigenvalue weighted by Crippen LogP contribution is -2.22. The number of rotatable bonds is 6. The number of hydrogen-bond donors (Lipinski definition) is 0. The summed E-state index contributed by atoms with van der Waals surface area (Å²) in [5, 5.41) is 0. The SMILES string of the molecule is Cc1ccc(S(=O)(=O)OC[C@H]2C[C@@H]3O[C@H]2C=C3Sc2ccccc2)cc1. The molecule has 0 saturated carbocycles. The molecule has 2 aromatic carbocycles. The molecule has 4 rings (SSSR count). The van der Waals surface area contributed by atoms with E-state index in [0.717, 1.165) is 12.0 Å². The summed E-state index contributed by atoms with van der Waals surface area (Å²) in [5.41, 5.74) is 1.01. The minimum Gasteiger partial charge on any atom is -0.365 e. The largest absolute Gasteiger partial charge is 0.365 e. The Kier molecular flexibility index (Phi) is 4.92. The summed E-state index contributed by atoms with van der Waals surface area (Å²) in [5.74, 6) is 0.0698. The van der Waals surface area contributed by atoms with Crippen molar-refractivity contribution in [1.29, 1.82) is 0 Å². The number of hydrogen-bond acceptors (Lipinski definition) is 5. The van der Waals surface area contributed by atoms with Crippen molar-refractivity contribution in [3.63, 3.8) is 0 Å². The van der Waals surface area contributed by atoms with Crippen LogP contribution >= 0.6 is 11.8 Å². The molecule has 0 radical (unpaired) electrons. The summed E-state index contributed by atoms with van der Waals surface area (Å²) in [6.45, 7) is 2.07. The molecule has 3 atom stereocenters. The number of aryl methyl sites for hydroxylation is 1. The maximum absolute atomic E-state index is 12.3. The Morgan fingerprint density at radius 2 is 1.85 bits per heavy atom.